The average Bonchev–Trinajstić information content (AvgIpc) is 2.76. The van der Waals surface area contributed by atoms with Crippen LogP contribution in [0.4, 0.5) is 5.69 Å². The molecule has 0 bridgehead atoms. The number of carbonyl (C=O) groups excluding carboxylic acids is 2. The third-order valence-electron chi connectivity index (χ3n) is 6.70. The first kappa shape index (κ1) is 26.0. The van der Waals surface area contributed by atoms with Crippen LogP contribution in [-0.4, -0.2) is 35.4 Å². The number of H-pyrrole nitrogens is 1. The lowest BCUT2D eigenvalue weighted by atomic mass is 9.89. The summed E-state index contributed by atoms with van der Waals surface area (Å²) in [5, 5.41) is 5.97. The molecule has 34 heavy (non-hydrogen) atoms. The predicted molar refractivity (Wildman–Crippen MR) is 139 cm³/mol. The van der Waals surface area contributed by atoms with E-state index >= 15 is 0 Å². The highest BCUT2D eigenvalue weighted by atomic mass is 79.9. The Morgan fingerprint density at radius 3 is 2.38 bits per heavy atom. The van der Waals surface area contributed by atoms with Crippen molar-refractivity contribution in [2.45, 2.75) is 78.9 Å². The van der Waals surface area contributed by atoms with Gasteiger partial charge in [0.15, 0.2) is 0 Å². The molecule has 7 nitrogen and oxygen atoms in total. The fourth-order valence-corrected chi connectivity index (χ4v) is 5.45. The largest absolute Gasteiger partial charge is 0.369 e. The quantitative estimate of drug-likeness (QED) is 0.498. The van der Waals surface area contributed by atoms with Crippen molar-refractivity contribution in [3.8, 4) is 0 Å². The van der Waals surface area contributed by atoms with Gasteiger partial charge in [0.1, 0.15) is 0 Å². The molecule has 1 aliphatic rings. The van der Waals surface area contributed by atoms with Gasteiger partial charge in [-0.15, -0.1) is 0 Å². The van der Waals surface area contributed by atoms with Gasteiger partial charge < -0.3 is 20.5 Å². The first-order chi connectivity index (χ1) is 16.1. The Kier molecular flexibility index (Phi) is 8.57. The fraction of sp³-hybridized carbons (Fsp3) is 0.500. The number of rotatable bonds is 7. The van der Waals surface area contributed by atoms with Crippen molar-refractivity contribution in [1.29, 1.82) is 0 Å². The lowest BCUT2D eigenvalue weighted by molar-refractivity contribution is -0.119. The van der Waals surface area contributed by atoms with E-state index in [4.69, 9.17) is 0 Å². The molecular formula is C26H35BrN4O3. The number of carbonyl (C=O) groups is 2. The molecule has 0 radical (unpaired) electrons. The van der Waals surface area contributed by atoms with Gasteiger partial charge in [0.2, 0.25) is 5.91 Å². The molecule has 8 heteroatoms. The number of aryl methyl sites for hydroxylation is 2. The van der Waals surface area contributed by atoms with Crippen molar-refractivity contribution in [2.75, 3.05) is 11.4 Å². The molecule has 1 aromatic carbocycles. The molecule has 2 aromatic rings. The third kappa shape index (κ3) is 6.09. The Balaban J connectivity index is 1.79. The zero-order chi connectivity index (χ0) is 25.0. The highest BCUT2D eigenvalue weighted by Gasteiger charge is 2.27. The standard InChI is InChI=1S/C26H35BrN4O3/c1-6-31(21-9-7-20(8-10-21)30-18(5)32)24-13-19(27)12-22(17(24)4)25(33)28-14-23-15(2)11-16(3)29-26(23)34/h11-13,20-21H,6-10,14H2,1-5H3,(H,28,33)(H,29,34)(H,30,32). The average molecular weight is 531 g/mol. The summed E-state index contributed by atoms with van der Waals surface area (Å²) >= 11 is 3.59. The Bertz CT molecular complexity index is 1120. The van der Waals surface area contributed by atoms with Crippen LogP contribution in [0.15, 0.2) is 27.5 Å². The van der Waals surface area contributed by atoms with Crippen molar-refractivity contribution < 1.29 is 9.59 Å². The minimum absolute atomic E-state index is 0.0251. The number of hydrogen-bond donors (Lipinski definition) is 3. The molecule has 1 aromatic heterocycles. The van der Waals surface area contributed by atoms with Crippen LogP contribution in [0.5, 0.6) is 0 Å². The molecule has 0 aliphatic heterocycles. The number of anilines is 1. The van der Waals surface area contributed by atoms with Gasteiger partial charge in [0, 0.05) is 59.1 Å². The van der Waals surface area contributed by atoms with Crippen molar-refractivity contribution >= 4 is 33.4 Å². The molecule has 1 heterocycles. The number of hydrogen-bond acceptors (Lipinski definition) is 4. The van der Waals surface area contributed by atoms with Crippen LogP contribution in [0.3, 0.4) is 0 Å². The van der Waals surface area contributed by atoms with Crippen LogP contribution in [0.25, 0.3) is 0 Å². The molecule has 0 spiro atoms. The van der Waals surface area contributed by atoms with Gasteiger partial charge in [0.25, 0.3) is 11.5 Å². The lowest BCUT2D eigenvalue weighted by Crippen LogP contribution is -2.44. The van der Waals surface area contributed by atoms with Crippen LogP contribution in [0.1, 0.15) is 72.3 Å². The van der Waals surface area contributed by atoms with Crippen LogP contribution in [-0.2, 0) is 11.3 Å². The zero-order valence-electron chi connectivity index (χ0n) is 20.7. The Hall–Kier alpha value is -2.61. The summed E-state index contributed by atoms with van der Waals surface area (Å²) < 4.78 is 0.841. The van der Waals surface area contributed by atoms with Gasteiger partial charge >= 0.3 is 0 Å². The second-order valence-corrected chi connectivity index (χ2v) is 10.1. The van der Waals surface area contributed by atoms with Crippen LogP contribution >= 0.6 is 15.9 Å². The van der Waals surface area contributed by atoms with Crippen LogP contribution in [0.2, 0.25) is 0 Å². The number of nitrogens with one attached hydrogen (secondary N) is 3. The molecule has 2 amide bonds. The van der Waals surface area contributed by atoms with Gasteiger partial charge in [-0.05, 0) is 82.7 Å². The molecule has 3 rings (SSSR count). The minimum Gasteiger partial charge on any atom is -0.369 e. The zero-order valence-corrected chi connectivity index (χ0v) is 22.3. The second-order valence-electron chi connectivity index (χ2n) is 9.22. The van der Waals surface area contributed by atoms with Crippen molar-refractivity contribution in [3.63, 3.8) is 0 Å². The summed E-state index contributed by atoms with van der Waals surface area (Å²) in [5.74, 6) is -0.179. The molecular weight excluding hydrogens is 496 g/mol. The monoisotopic (exact) mass is 530 g/mol. The van der Waals surface area contributed by atoms with Gasteiger partial charge in [0.05, 0.1) is 0 Å². The van der Waals surface area contributed by atoms with Crippen molar-refractivity contribution in [1.82, 2.24) is 15.6 Å². The normalized spacial score (nSPS) is 17.8. The molecule has 184 valence electrons. The first-order valence-electron chi connectivity index (χ1n) is 11.9. The molecule has 0 unspecified atom stereocenters. The van der Waals surface area contributed by atoms with E-state index in [1.54, 1.807) is 6.92 Å². The Morgan fingerprint density at radius 2 is 1.79 bits per heavy atom. The van der Waals surface area contributed by atoms with E-state index < -0.39 is 0 Å². The van der Waals surface area contributed by atoms with Crippen molar-refractivity contribution in [3.05, 3.63) is 61.0 Å². The topological polar surface area (TPSA) is 94.3 Å². The van der Waals surface area contributed by atoms with Gasteiger partial charge in [-0.3, -0.25) is 14.4 Å². The van der Waals surface area contributed by atoms with E-state index in [1.807, 2.05) is 32.9 Å². The summed E-state index contributed by atoms with van der Waals surface area (Å²) in [6.45, 7) is 10.4. The Labute approximate surface area is 209 Å². The molecule has 1 saturated carbocycles. The predicted octanol–water partition coefficient (Wildman–Crippen LogP) is 4.27. The first-order valence-corrected chi connectivity index (χ1v) is 12.7. The van der Waals surface area contributed by atoms with Gasteiger partial charge in [-0.1, -0.05) is 15.9 Å². The van der Waals surface area contributed by atoms with Crippen LogP contribution in [0, 0.1) is 20.8 Å². The van der Waals surface area contributed by atoms with E-state index in [9.17, 15) is 14.4 Å². The molecule has 0 atom stereocenters. The van der Waals surface area contributed by atoms with Gasteiger partial charge in [-0.2, -0.15) is 0 Å². The summed E-state index contributed by atoms with van der Waals surface area (Å²) in [6.07, 6.45) is 3.88. The molecule has 0 saturated heterocycles. The SMILES string of the molecule is CCN(c1cc(Br)cc(C(=O)NCc2c(C)cc(C)[nH]c2=O)c1C)C1CCC(NC(C)=O)CC1. The summed E-state index contributed by atoms with van der Waals surface area (Å²) in [6, 6.07) is 6.41. The van der Waals surface area contributed by atoms with Gasteiger partial charge in [-0.25, -0.2) is 0 Å². The number of benzene rings is 1. The number of aromatic amines is 1. The lowest BCUT2D eigenvalue weighted by Gasteiger charge is -2.39. The van der Waals surface area contributed by atoms with E-state index in [1.165, 1.54) is 0 Å². The van der Waals surface area contributed by atoms with Crippen molar-refractivity contribution in [2.24, 2.45) is 0 Å². The highest BCUT2D eigenvalue weighted by Crippen LogP contribution is 2.33. The minimum atomic E-state index is -0.204. The third-order valence-corrected chi connectivity index (χ3v) is 7.16. The number of halogens is 1. The summed E-state index contributed by atoms with van der Waals surface area (Å²) in [4.78, 5) is 42.1. The maximum atomic E-state index is 13.2. The highest BCUT2D eigenvalue weighted by molar-refractivity contribution is 9.10. The van der Waals surface area contributed by atoms with E-state index in [0.717, 1.165) is 59.2 Å². The maximum absolute atomic E-state index is 13.2. The number of aromatic nitrogens is 1. The Morgan fingerprint density at radius 1 is 1.12 bits per heavy atom. The molecule has 3 N–H and O–H groups in total. The maximum Gasteiger partial charge on any atom is 0.253 e. The number of amides is 2. The second kappa shape index (κ2) is 11.2. The number of pyridine rings is 1. The summed E-state index contributed by atoms with van der Waals surface area (Å²) in [5.41, 5.74) is 4.61. The summed E-state index contributed by atoms with van der Waals surface area (Å²) in [7, 11) is 0. The van der Waals surface area contributed by atoms with E-state index in [0.29, 0.717) is 17.2 Å². The fourth-order valence-electron chi connectivity index (χ4n) is 5.01. The van der Waals surface area contributed by atoms with E-state index in [2.05, 4.69) is 49.4 Å². The van der Waals surface area contributed by atoms with Crippen LogP contribution < -0.4 is 21.1 Å². The molecule has 1 aliphatic carbocycles. The van der Waals surface area contributed by atoms with E-state index in [-0.39, 0.29) is 30.0 Å². The smallest absolute Gasteiger partial charge is 0.253 e. The molecule has 1 fully saturated rings. The number of nitrogens with zero attached hydrogens (tertiary/aromatic N) is 1.